The Morgan fingerprint density at radius 3 is 2.09 bits per heavy atom. The Morgan fingerprint density at radius 2 is 1.42 bits per heavy atom. The molecule has 3 unspecified atom stereocenters. The van der Waals surface area contributed by atoms with Crippen LogP contribution in [0.4, 0.5) is 0 Å². The molecule has 0 saturated carbocycles. The molecule has 172 valence electrons. The van der Waals surface area contributed by atoms with Gasteiger partial charge < -0.3 is 9.47 Å². The molecule has 0 spiro atoms. The highest BCUT2D eigenvalue weighted by molar-refractivity contribution is 5.44. The number of hydrogen-bond acceptors (Lipinski definition) is 3. The van der Waals surface area contributed by atoms with E-state index in [4.69, 9.17) is 9.47 Å². The van der Waals surface area contributed by atoms with Crippen molar-refractivity contribution in [3.05, 3.63) is 95.1 Å². The van der Waals surface area contributed by atoms with Gasteiger partial charge in [-0.15, -0.1) is 0 Å². The van der Waals surface area contributed by atoms with Crippen LogP contribution in [0.1, 0.15) is 66.7 Å². The zero-order valence-electron chi connectivity index (χ0n) is 19.9. The van der Waals surface area contributed by atoms with Crippen molar-refractivity contribution < 1.29 is 9.47 Å². The molecule has 1 fully saturated rings. The Kier molecular flexibility index (Phi) is 6.68. The number of hydrogen-bond donors (Lipinski definition) is 0. The minimum atomic E-state index is 0.126. The number of aryl methyl sites for hydroxylation is 1. The molecule has 2 aliphatic rings. The van der Waals surface area contributed by atoms with Gasteiger partial charge in [0.1, 0.15) is 17.7 Å². The van der Waals surface area contributed by atoms with Crippen LogP contribution in [0.15, 0.2) is 72.8 Å². The van der Waals surface area contributed by atoms with Gasteiger partial charge in [0, 0.05) is 19.0 Å². The molecule has 0 radical (unpaired) electrons. The van der Waals surface area contributed by atoms with Crippen molar-refractivity contribution in [1.82, 2.24) is 4.90 Å². The number of benzene rings is 3. The minimum Gasteiger partial charge on any atom is -0.497 e. The summed E-state index contributed by atoms with van der Waals surface area (Å²) < 4.78 is 11.7. The highest BCUT2D eigenvalue weighted by Crippen LogP contribution is 2.45. The Morgan fingerprint density at radius 1 is 0.788 bits per heavy atom. The lowest BCUT2D eigenvalue weighted by molar-refractivity contribution is 0.0592. The van der Waals surface area contributed by atoms with Crippen LogP contribution >= 0.6 is 0 Å². The van der Waals surface area contributed by atoms with E-state index in [1.807, 2.05) is 0 Å². The molecule has 33 heavy (non-hydrogen) atoms. The van der Waals surface area contributed by atoms with Crippen LogP contribution in [0.3, 0.4) is 0 Å². The van der Waals surface area contributed by atoms with Gasteiger partial charge in [-0.2, -0.15) is 0 Å². The molecular formula is C30H35NO2. The molecule has 0 bridgehead atoms. The molecule has 3 aromatic carbocycles. The van der Waals surface area contributed by atoms with Crippen LogP contribution in [-0.4, -0.2) is 31.3 Å². The summed E-state index contributed by atoms with van der Waals surface area (Å²) in [7, 11) is 1.73. The quantitative estimate of drug-likeness (QED) is 0.404. The molecule has 1 saturated heterocycles. The van der Waals surface area contributed by atoms with E-state index in [1.165, 1.54) is 54.4 Å². The second-order valence-corrected chi connectivity index (χ2v) is 9.48. The summed E-state index contributed by atoms with van der Waals surface area (Å²) >= 11 is 0. The molecule has 3 aromatic rings. The number of fused-ring (bicyclic) bond motifs is 1. The summed E-state index contributed by atoms with van der Waals surface area (Å²) in [6.45, 7) is 4.44. The van der Waals surface area contributed by atoms with Crippen LogP contribution in [0, 0.1) is 0 Å². The normalized spacial score (nSPS) is 20.1. The number of ether oxygens (including phenoxy) is 2. The predicted octanol–water partition coefficient (Wildman–Crippen LogP) is 6.77. The van der Waals surface area contributed by atoms with Crippen molar-refractivity contribution in [3.8, 4) is 11.5 Å². The SMILES string of the molecule is COc1ccc(C(c2ccc(OC(C)N3CCCC3)cc2)C2CCCc3ccccc32)cc1. The van der Waals surface area contributed by atoms with Gasteiger partial charge in [0.2, 0.25) is 0 Å². The van der Waals surface area contributed by atoms with Crippen molar-refractivity contribution in [2.75, 3.05) is 20.2 Å². The molecule has 3 nitrogen and oxygen atoms in total. The third-order valence-corrected chi connectivity index (χ3v) is 7.49. The number of likely N-dealkylation sites (tertiary alicyclic amines) is 1. The van der Waals surface area contributed by atoms with E-state index < -0.39 is 0 Å². The highest BCUT2D eigenvalue weighted by Gasteiger charge is 2.30. The Labute approximate surface area is 198 Å². The fourth-order valence-corrected chi connectivity index (χ4v) is 5.74. The van der Waals surface area contributed by atoms with E-state index in [9.17, 15) is 0 Å². The molecule has 1 aliphatic heterocycles. The third-order valence-electron chi connectivity index (χ3n) is 7.49. The fraction of sp³-hybridized carbons (Fsp3) is 0.400. The number of methoxy groups -OCH3 is 1. The van der Waals surface area contributed by atoms with Gasteiger partial charge in [-0.05, 0) is 91.5 Å². The first-order valence-electron chi connectivity index (χ1n) is 12.5. The molecular weight excluding hydrogens is 406 g/mol. The van der Waals surface area contributed by atoms with Gasteiger partial charge in [-0.1, -0.05) is 48.5 Å². The van der Waals surface area contributed by atoms with Crippen molar-refractivity contribution >= 4 is 0 Å². The second kappa shape index (κ2) is 10.0. The van der Waals surface area contributed by atoms with Crippen molar-refractivity contribution in [2.24, 2.45) is 0 Å². The maximum absolute atomic E-state index is 6.28. The Hall–Kier alpha value is -2.78. The monoisotopic (exact) mass is 441 g/mol. The molecule has 3 heteroatoms. The summed E-state index contributed by atoms with van der Waals surface area (Å²) in [6.07, 6.45) is 6.31. The average molecular weight is 442 g/mol. The van der Waals surface area contributed by atoms with Gasteiger partial charge in [0.15, 0.2) is 0 Å². The fourth-order valence-electron chi connectivity index (χ4n) is 5.74. The highest BCUT2D eigenvalue weighted by atomic mass is 16.5. The number of rotatable bonds is 7. The largest absolute Gasteiger partial charge is 0.497 e. The van der Waals surface area contributed by atoms with Crippen LogP contribution in [0.5, 0.6) is 11.5 Å². The summed E-state index contributed by atoms with van der Waals surface area (Å²) in [4.78, 5) is 2.42. The topological polar surface area (TPSA) is 21.7 Å². The maximum Gasteiger partial charge on any atom is 0.149 e. The first-order chi connectivity index (χ1) is 16.2. The zero-order valence-corrected chi connectivity index (χ0v) is 19.9. The van der Waals surface area contributed by atoms with E-state index in [-0.39, 0.29) is 6.23 Å². The first kappa shape index (κ1) is 22.0. The van der Waals surface area contributed by atoms with Crippen molar-refractivity contribution in [3.63, 3.8) is 0 Å². The summed E-state index contributed by atoms with van der Waals surface area (Å²) in [5, 5.41) is 0. The standard InChI is InChI=1S/C30H35NO2/c1-22(31-20-5-6-21-31)33-27-18-14-25(15-19-27)30(24-12-16-26(32-2)17-13-24)29-11-7-9-23-8-3-4-10-28(23)29/h3-4,8,10,12-19,22,29-30H,5-7,9,11,20-21H2,1-2H3. The molecule has 1 heterocycles. The van der Waals surface area contributed by atoms with Crippen LogP contribution in [0.25, 0.3) is 0 Å². The predicted molar refractivity (Wildman–Crippen MR) is 134 cm³/mol. The van der Waals surface area contributed by atoms with Crippen molar-refractivity contribution in [2.45, 2.75) is 57.1 Å². The molecule has 0 N–H and O–H groups in total. The molecule has 3 atom stereocenters. The van der Waals surface area contributed by atoms with Crippen molar-refractivity contribution in [1.29, 1.82) is 0 Å². The molecule has 0 amide bonds. The maximum atomic E-state index is 6.28. The van der Waals surface area contributed by atoms with Gasteiger partial charge >= 0.3 is 0 Å². The second-order valence-electron chi connectivity index (χ2n) is 9.48. The Bertz CT molecular complexity index is 1040. The van der Waals surface area contributed by atoms with Gasteiger partial charge in [0.05, 0.1) is 7.11 Å². The van der Waals surface area contributed by atoms with E-state index >= 15 is 0 Å². The average Bonchev–Trinajstić information content (AvgIpc) is 3.41. The molecule has 1 aliphatic carbocycles. The summed E-state index contributed by atoms with van der Waals surface area (Å²) in [5.41, 5.74) is 5.71. The lowest BCUT2D eigenvalue weighted by Gasteiger charge is -2.33. The van der Waals surface area contributed by atoms with Crippen LogP contribution in [-0.2, 0) is 6.42 Å². The first-order valence-corrected chi connectivity index (χ1v) is 12.5. The smallest absolute Gasteiger partial charge is 0.149 e. The van der Waals surface area contributed by atoms with Crippen LogP contribution in [0.2, 0.25) is 0 Å². The van der Waals surface area contributed by atoms with Crippen LogP contribution < -0.4 is 9.47 Å². The van der Waals surface area contributed by atoms with E-state index in [0.29, 0.717) is 11.8 Å². The summed E-state index contributed by atoms with van der Waals surface area (Å²) in [5.74, 6) is 2.64. The summed E-state index contributed by atoms with van der Waals surface area (Å²) in [6, 6.07) is 26.5. The minimum absolute atomic E-state index is 0.126. The lowest BCUT2D eigenvalue weighted by atomic mass is 9.71. The van der Waals surface area contributed by atoms with Gasteiger partial charge in [-0.3, -0.25) is 4.90 Å². The molecule has 0 aromatic heterocycles. The van der Waals surface area contributed by atoms with Gasteiger partial charge in [-0.25, -0.2) is 0 Å². The molecule has 5 rings (SSSR count). The van der Waals surface area contributed by atoms with E-state index in [2.05, 4.69) is 84.6 Å². The van der Waals surface area contributed by atoms with E-state index in [1.54, 1.807) is 7.11 Å². The third kappa shape index (κ3) is 4.79. The lowest BCUT2D eigenvalue weighted by Crippen LogP contribution is -2.34. The van der Waals surface area contributed by atoms with Gasteiger partial charge in [0.25, 0.3) is 0 Å². The Balaban J connectivity index is 1.45. The zero-order chi connectivity index (χ0) is 22.6. The van der Waals surface area contributed by atoms with E-state index in [0.717, 1.165) is 24.6 Å². The number of nitrogens with zero attached hydrogens (tertiary/aromatic N) is 1.